The Morgan fingerprint density at radius 2 is 2.03 bits per heavy atom. The van der Waals surface area contributed by atoms with Gasteiger partial charge in [-0.05, 0) is 38.3 Å². The highest BCUT2D eigenvalue weighted by atomic mass is 35.5. The van der Waals surface area contributed by atoms with E-state index in [4.69, 9.17) is 41.7 Å². The average molecular weight is 557 g/mol. The Kier molecular flexibility index (Phi) is 8.88. The predicted octanol–water partition coefficient (Wildman–Crippen LogP) is 4.37. The maximum Gasteiger partial charge on any atom is 0.490 e. The Labute approximate surface area is 222 Å². The van der Waals surface area contributed by atoms with Gasteiger partial charge < -0.3 is 20.3 Å². The number of amides is 1. The Morgan fingerprint density at radius 3 is 2.61 bits per heavy atom. The number of halogens is 4. The molecule has 0 bridgehead atoms. The highest BCUT2D eigenvalue weighted by Crippen LogP contribution is 2.42. The summed E-state index contributed by atoms with van der Waals surface area (Å²) >= 11 is 6.84. The summed E-state index contributed by atoms with van der Waals surface area (Å²) in [6, 6.07) is 7.60. The lowest BCUT2D eigenvalue weighted by Crippen LogP contribution is -2.56. The zero-order valence-corrected chi connectivity index (χ0v) is 21.7. The molecule has 4 rings (SSSR count). The number of guanidine groups is 1. The first-order valence-corrected chi connectivity index (χ1v) is 12.0. The maximum absolute atomic E-state index is 13.2. The summed E-state index contributed by atoms with van der Waals surface area (Å²) in [6.07, 6.45) is 0.0705. The molecule has 2 aliphatic rings. The first-order valence-electron chi connectivity index (χ1n) is 11.6. The molecule has 2 aromatic rings. The summed E-state index contributed by atoms with van der Waals surface area (Å²) in [5, 5.41) is 7.65. The van der Waals surface area contributed by atoms with Crippen LogP contribution in [0, 0.1) is 0 Å². The minimum Gasteiger partial charge on any atom is -0.495 e. The van der Waals surface area contributed by atoms with E-state index in [1.165, 1.54) is 0 Å². The third-order valence-electron chi connectivity index (χ3n) is 6.28. The van der Waals surface area contributed by atoms with Crippen molar-refractivity contribution in [3.8, 4) is 16.9 Å². The summed E-state index contributed by atoms with van der Waals surface area (Å²) in [4.78, 5) is 32.7. The number of hydrogen-bond acceptors (Lipinski definition) is 7. The lowest BCUT2D eigenvalue weighted by Gasteiger charge is -2.41. The van der Waals surface area contributed by atoms with E-state index in [0.29, 0.717) is 17.4 Å². The molecule has 0 spiro atoms. The van der Waals surface area contributed by atoms with Crippen molar-refractivity contribution in [3.63, 3.8) is 0 Å². The smallest absolute Gasteiger partial charge is 0.490 e. The van der Waals surface area contributed by atoms with Gasteiger partial charge in [0.05, 0.1) is 36.4 Å². The number of aromatic nitrogens is 1. The van der Waals surface area contributed by atoms with E-state index in [1.807, 2.05) is 38.1 Å². The number of carbonyl (C=O) groups is 2. The van der Waals surface area contributed by atoms with Crippen LogP contribution in [-0.2, 0) is 19.9 Å². The van der Waals surface area contributed by atoms with Gasteiger partial charge in [0.2, 0.25) is 5.91 Å². The van der Waals surface area contributed by atoms with Gasteiger partial charge in [-0.2, -0.15) is 13.2 Å². The summed E-state index contributed by atoms with van der Waals surface area (Å²) in [5.74, 6) is -1.92. The van der Waals surface area contributed by atoms with E-state index in [0.717, 1.165) is 29.5 Å². The fourth-order valence-electron chi connectivity index (χ4n) is 4.46. The first-order chi connectivity index (χ1) is 17.8. The second-order valence-corrected chi connectivity index (χ2v) is 9.51. The molecule has 3 N–H and O–H groups in total. The number of aliphatic carboxylic acids is 1. The number of hydrogen-bond donors (Lipinski definition) is 2. The molecule has 1 aromatic heterocycles. The number of ether oxygens (including phenoxy) is 2. The van der Waals surface area contributed by atoms with Crippen molar-refractivity contribution in [1.29, 1.82) is 0 Å². The minimum absolute atomic E-state index is 0.00853. The van der Waals surface area contributed by atoms with Gasteiger partial charge in [0.25, 0.3) is 0 Å². The van der Waals surface area contributed by atoms with Crippen LogP contribution in [0.5, 0.6) is 5.75 Å². The van der Waals surface area contributed by atoms with Crippen molar-refractivity contribution in [3.05, 3.63) is 47.2 Å². The molecule has 38 heavy (non-hydrogen) atoms. The van der Waals surface area contributed by atoms with Crippen LogP contribution < -0.4 is 10.5 Å². The van der Waals surface area contributed by atoms with Gasteiger partial charge in [-0.3, -0.25) is 14.7 Å². The topological polar surface area (TPSA) is 127 Å². The Morgan fingerprint density at radius 1 is 1.34 bits per heavy atom. The normalized spacial score (nSPS) is 23.7. The zero-order chi connectivity index (χ0) is 28.3. The van der Waals surface area contributed by atoms with Crippen LogP contribution >= 0.6 is 11.6 Å². The van der Waals surface area contributed by atoms with Crippen LogP contribution in [0.1, 0.15) is 38.7 Å². The summed E-state index contributed by atoms with van der Waals surface area (Å²) in [6.45, 7) is 4.52. The van der Waals surface area contributed by atoms with Gasteiger partial charge in [-0.15, -0.1) is 0 Å². The number of methoxy groups -OCH3 is 1. The van der Waals surface area contributed by atoms with Gasteiger partial charge >= 0.3 is 12.1 Å². The van der Waals surface area contributed by atoms with E-state index >= 15 is 0 Å². The molecule has 13 heteroatoms. The van der Waals surface area contributed by atoms with Gasteiger partial charge in [-0.25, -0.2) is 9.79 Å². The van der Waals surface area contributed by atoms with E-state index < -0.39 is 17.7 Å². The van der Waals surface area contributed by atoms with Crippen molar-refractivity contribution in [2.75, 3.05) is 13.7 Å². The Bertz CT molecular complexity index is 1230. The molecule has 3 heterocycles. The summed E-state index contributed by atoms with van der Waals surface area (Å²) < 4.78 is 42.6. The minimum atomic E-state index is -5.08. The number of carboxylic acid groups (broad SMARTS) is 1. The lowest BCUT2D eigenvalue weighted by molar-refractivity contribution is -0.192. The van der Waals surface area contributed by atoms with Crippen molar-refractivity contribution in [1.82, 2.24) is 9.88 Å². The van der Waals surface area contributed by atoms with Gasteiger partial charge in [-0.1, -0.05) is 29.8 Å². The number of rotatable bonds is 4. The van der Waals surface area contributed by atoms with E-state index in [-0.39, 0.29) is 30.4 Å². The molecule has 0 unspecified atom stereocenters. The monoisotopic (exact) mass is 556 g/mol. The lowest BCUT2D eigenvalue weighted by atomic mass is 9.85. The zero-order valence-electron chi connectivity index (χ0n) is 21.0. The number of nitrogens with zero attached hydrogens (tertiary/aromatic N) is 3. The summed E-state index contributed by atoms with van der Waals surface area (Å²) in [7, 11) is 1.59. The molecule has 1 saturated heterocycles. The average Bonchev–Trinajstić information content (AvgIpc) is 2.83. The van der Waals surface area contributed by atoms with Crippen molar-refractivity contribution in [2.45, 2.75) is 57.0 Å². The number of carbonyl (C=O) groups excluding carboxylic acids is 1. The van der Waals surface area contributed by atoms with Gasteiger partial charge in [0.15, 0.2) is 5.96 Å². The predicted molar refractivity (Wildman–Crippen MR) is 134 cm³/mol. The van der Waals surface area contributed by atoms with Crippen LogP contribution in [0.4, 0.5) is 13.2 Å². The number of nitrogens with two attached hydrogens (primary N) is 1. The van der Waals surface area contributed by atoms with Crippen LogP contribution in [0.3, 0.4) is 0 Å². The van der Waals surface area contributed by atoms with Gasteiger partial charge in [0.1, 0.15) is 5.75 Å². The molecule has 2 aliphatic heterocycles. The molecule has 0 aliphatic carbocycles. The summed E-state index contributed by atoms with van der Waals surface area (Å²) in [5.41, 5.74) is 7.87. The van der Waals surface area contributed by atoms with Crippen molar-refractivity contribution >= 4 is 29.4 Å². The largest absolute Gasteiger partial charge is 0.495 e. The van der Waals surface area contributed by atoms with Crippen LogP contribution in [-0.4, -0.2) is 64.9 Å². The number of aliphatic imine (C=N–C) groups is 1. The van der Waals surface area contributed by atoms with E-state index in [2.05, 4.69) is 4.98 Å². The SMILES string of the molecule is COc1cncc(-c2cccc([C@]3(C)CC(=O)N([C@H]4CCO[C@@H](C)C4)C(N)=N3)c2Cl)c1.O=C(O)C(F)(F)F. The fourth-order valence-corrected chi connectivity index (χ4v) is 4.90. The Balaban J connectivity index is 0.000000505. The second kappa shape index (κ2) is 11.6. The van der Waals surface area contributed by atoms with Crippen LogP contribution in [0.25, 0.3) is 11.1 Å². The fraction of sp³-hybridized carbons (Fsp3) is 0.440. The third-order valence-corrected chi connectivity index (χ3v) is 6.68. The molecular formula is C25H28ClF3N4O5. The second-order valence-electron chi connectivity index (χ2n) is 9.13. The molecule has 0 radical (unpaired) electrons. The number of pyridine rings is 1. The van der Waals surface area contributed by atoms with E-state index in [1.54, 1.807) is 24.4 Å². The Hall–Kier alpha value is -3.38. The molecule has 9 nitrogen and oxygen atoms in total. The molecule has 1 aromatic carbocycles. The first kappa shape index (κ1) is 29.2. The molecule has 1 fully saturated rings. The third kappa shape index (κ3) is 6.54. The molecule has 0 saturated carbocycles. The molecular weight excluding hydrogens is 529 g/mol. The quantitative estimate of drug-likeness (QED) is 0.572. The van der Waals surface area contributed by atoms with Crippen molar-refractivity contribution in [2.24, 2.45) is 10.7 Å². The van der Waals surface area contributed by atoms with E-state index in [9.17, 15) is 18.0 Å². The highest BCUT2D eigenvalue weighted by molar-refractivity contribution is 6.34. The molecule has 3 atom stereocenters. The van der Waals surface area contributed by atoms with Crippen molar-refractivity contribution < 1.29 is 37.3 Å². The molecule has 206 valence electrons. The number of alkyl halides is 3. The number of benzene rings is 1. The number of carboxylic acids is 1. The highest BCUT2D eigenvalue weighted by Gasteiger charge is 2.42. The van der Waals surface area contributed by atoms with Crippen LogP contribution in [0.15, 0.2) is 41.7 Å². The maximum atomic E-state index is 13.2. The molecule has 1 amide bonds. The van der Waals surface area contributed by atoms with Crippen LogP contribution in [0.2, 0.25) is 5.02 Å². The standard InChI is InChI=1S/C23H27ClN4O3.C2HF3O2/c1-14-9-16(7-8-31-14)28-20(29)11-23(2,27-22(28)25)19-6-4-5-18(21(19)24)15-10-17(30-3)13-26-12-15;3-2(4,5)1(6)7/h4-6,10,12-14,16H,7-9,11H2,1-3H3,(H2,25,27);(H,6,7)/t14-,16-,23-;/m0./s1. The van der Waals surface area contributed by atoms with Gasteiger partial charge in [0, 0.05) is 30.0 Å².